The fourth-order valence-corrected chi connectivity index (χ4v) is 3.24. The largest absolute Gasteiger partial charge is 0.497 e. The van der Waals surface area contributed by atoms with Crippen molar-refractivity contribution in [1.82, 2.24) is 0 Å². The maximum absolute atomic E-state index is 12.6. The average Bonchev–Trinajstić information content (AvgIpc) is 2.63. The molecule has 0 bridgehead atoms. The Labute approximate surface area is 148 Å². The normalized spacial score (nSPS) is 16.1. The zero-order valence-electron chi connectivity index (χ0n) is 14.9. The van der Waals surface area contributed by atoms with E-state index in [0.29, 0.717) is 29.8 Å². The molecule has 0 saturated carbocycles. The van der Waals surface area contributed by atoms with Gasteiger partial charge in [0.05, 0.1) is 20.8 Å². The highest BCUT2D eigenvalue weighted by Crippen LogP contribution is 2.30. The fourth-order valence-electron chi connectivity index (χ4n) is 3.24. The van der Waals surface area contributed by atoms with Crippen molar-refractivity contribution in [2.45, 2.75) is 25.8 Å². The summed E-state index contributed by atoms with van der Waals surface area (Å²) in [6.45, 7) is 2.48. The Morgan fingerprint density at radius 3 is 2.52 bits per heavy atom. The van der Waals surface area contributed by atoms with Crippen LogP contribution in [0.4, 0.5) is 11.4 Å². The second-order valence-electron chi connectivity index (χ2n) is 6.29. The van der Waals surface area contributed by atoms with Gasteiger partial charge in [0, 0.05) is 35.6 Å². The third-order valence-electron chi connectivity index (χ3n) is 4.61. The second-order valence-corrected chi connectivity index (χ2v) is 6.29. The van der Waals surface area contributed by atoms with E-state index in [1.165, 1.54) is 5.56 Å². The quantitative estimate of drug-likeness (QED) is 0.905. The lowest BCUT2D eigenvalue weighted by molar-refractivity contribution is -0.115. The number of hydrogen-bond donors (Lipinski definition) is 1. The number of carbonyl (C=O) groups is 1. The lowest BCUT2D eigenvalue weighted by Gasteiger charge is -2.36. The molecule has 1 aliphatic rings. The standard InChI is InChI=1S/C20H24N2O3/c1-14-8-9-15-6-4-5-7-19(15)22(14)13-20(23)21-16-10-17(24-2)12-18(11-16)25-3/h4-7,10-12,14H,8-9,13H2,1-3H3,(H,21,23). The number of hydrogen-bond acceptors (Lipinski definition) is 4. The molecule has 3 rings (SSSR count). The summed E-state index contributed by atoms with van der Waals surface area (Å²) >= 11 is 0. The maximum Gasteiger partial charge on any atom is 0.243 e. The van der Waals surface area contributed by atoms with Gasteiger partial charge in [-0.1, -0.05) is 18.2 Å². The Morgan fingerprint density at radius 2 is 1.84 bits per heavy atom. The number of fused-ring (bicyclic) bond motifs is 1. The molecule has 0 spiro atoms. The maximum atomic E-state index is 12.6. The lowest BCUT2D eigenvalue weighted by atomic mass is 9.96. The Bertz CT molecular complexity index is 738. The molecule has 1 heterocycles. The van der Waals surface area contributed by atoms with Gasteiger partial charge >= 0.3 is 0 Å². The van der Waals surface area contributed by atoms with Gasteiger partial charge in [-0.05, 0) is 31.4 Å². The summed E-state index contributed by atoms with van der Waals surface area (Å²) in [4.78, 5) is 14.8. The van der Waals surface area contributed by atoms with Crippen LogP contribution in [0, 0.1) is 0 Å². The highest BCUT2D eigenvalue weighted by Gasteiger charge is 2.24. The summed E-state index contributed by atoms with van der Waals surface area (Å²) in [7, 11) is 3.18. The first-order valence-electron chi connectivity index (χ1n) is 8.48. The molecule has 1 aliphatic heterocycles. The highest BCUT2D eigenvalue weighted by molar-refractivity contribution is 5.94. The van der Waals surface area contributed by atoms with E-state index < -0.39 is 0 Å². The first kappa shape index (κ1) is 17.1. The van der Waals surface area contributed by atoms with Crippen molar-refractivity contribution >= 4 is 17.3 Å². The van der Waals surface area contributed by atoms with Crippen LogP contribution in [0.5, 0.6) is 11.5 Å². The van der Waals surface area contributed by atoms with Gasteiger partial charge in [0.2, 0.25) is 5.91 Å². The number of carbonyl (C=O) groups excluding carboxylic acids is 1. The van der Waals surface area contributed by atoms with Crippen LogP contribution in [-0.2, 0) is 11.2 Å². The van der Waals surface area contributed by atoms with Gasteiger partial charge in [-0.2, -0.15) is 0 Å². The molecule has 5 nitrogen and oxygen atoms in total. The van der Waals surface area contributed by atoms with E-state index in [0.717, 1.165) is 18.5 Å². The van der Waals surface area contributed by atoms with E-state index in [9.17, 15) is 4.79 Å². The van der Waals surface area contributed by atoms with Crippen molar-refractivity contribution in [3.05, 3.63) is 48.0 Å². The summed E-state index contributed by atoms with van der Waals surface area (Å²) in [5, 5.41) is 2.95. The number of nitrogens with zero attached hydrogens (tertiary/aromatic N) is 1. The molecule has 1 N–H and O–H groups in total. The molecule has 132 valence electrons. The Kier molecular flexibility index (Phi) is 5.12. The minimum absolute atomic E-state index is 0.0566. The third kappa shape index (κ3) is 3.87. The van der Waals surface area contributed by atoms with Crippen molar-refractivity contribution in [1.29, 1.82) is 0 Å². The summed E-state index contributed by atoms with van der Waals surface area (Å²) < 4.78 is 10.5. The van der Waals surface area contributed by atoms with Gasteiger partial charge in [0.15, 0.2) is 0 Å². The van der Waals surface area contributed by atoms with Gasteiger partial charge < -0.3 is 19.7 Å². The van der Waals surface area contributed by atoms with Gasteiger partial charge in [0.1, 0.15) is 11.5 Å². The number of aryl methyl sites for hydroxylation is 1. The molecule has 0 radical (unpaired) electrons. The topological polar surface area (TPSA) is 50.8 Å². The molecule has 1 atom stereocenters. The SMILES string of the molecule is COc1cc(NC(=O)CN2c3ccccc3CCC2C)cc(OC)c1. The number of anilines is 2. The van der Waals surface area contributed by atoms with Gasteiger partial charge in [-0.25, -0.2) is 0 Å². The average molecular weight is 340 g/mol. The molecule has 2 aromatic carbocycles. The second kappa shape index (κ2) is 7.47. The number of nitrogens with one attached hydrogen (secondary N) is 1. The number of para-hydroxylation sites is 1. The summed E-state index contributed by atoms with van der Waals surface area (Å²) in [5.41, 5.74) is 3.12. The molecule has 0 saturated heterocycles. The number of benzene rings is 2. The summed E-state index contributed by atoms with van der Waals surface area (Å²) in [5.74, 6) is 1.23. The van der Waals surface area contributed by atoms with E-state index in [2.05, 4.69) is 35.3 Å². The predicted octanol–water partition coefficient (Wildman–Crippen LogP) is 3.48. The van der Waals surface area contributed by atoms with E-state index in [1.807, 2.05) is 6.07 Å². The first-order valence-corrected chi connectivity index (χ1v) is 8.48. The highest BCUT2D eigenvalue weighted by atomic mass is 16.5. The Balaban J connectivity index is 1.75. The molecule has 1 amide bonds. The monoisotopic (exact) mass is 340 g/mol. The number of rotatable bonds is 5. The smallest absolute Gasteiger partial charge is 0.243 e. The minimum Gasteiger partial charge on any atom is -0.497 e. The number of ether oxygens (including phenoxy) is 2. The van der Waals surface area contributed by atoms with Crippen LogP contribution in [0.2, 0.25) is 0 Å². The molecule has 0 aliphatic carbocycles. The Hall–Kier alpha value is -2.69. The van der Waals surface area contributed by atoms with Crippen molar-refractivity contribution < 1.29 is 14.3 Å². The van der Waals surface area contributed by atoms with Crippen LogP contribution in [0.1, 0.15) is 18.9 Å². The van der Waals surface area contributed by atoms with Crippen molar-refractivity contribution in [2.75, 3.05) is 31.0 Å². The van der Waals surface area contributed by atoms with Crippen LogP contribution in [0.25, 0.3) is 0 Å². The van der Waals surface area contributed by atoms with E-state index in [1.54, 1.807) is 32.4 Å². The minimum atomic E-state index is -0.0566. The van der Waals surface area contributed by atoms with Crippen LogP contribution in [0.15, 0.2) is 42.5 Å². The predicted molar refractivity (Wildman–Crippen MR) is 99.7 cm³/mol. The van der Waals surface area contributed by atoms with Crippen LogP contribution >= 0.6 is 0 Å². The molecule has 5 heteroatoms. The zero-order valence-corrected chi connectivity index (χ0v) is 14.9. The zero-order chi connectivity index (χ0) is 17.8. The first-order chi connectivity index (χ1) is 12.1. The number of methoxy groups -OCH3 is 2. The third-order valence-corrected chi connectivity index (χ3v) is 4.61. The molecule has 0 fully saturated rings. The molecule has 25 heavy (non-hydrogen) atoms. The molecule has 2 aromatic rings. The molecule has 0 aromatic heterocycles. The van der Waals surface area contributed by atoms with Crippen molar-refractivity contribution in [3.8, 4) is 11.5 Å². The van der Waals surface area contributed by atoms with E-state index in [-0.39, 0.29) is 5.91 Å². The Morgan fingerprint density at radius 1 is 1.16 bits per heavy atom. The summed E-state index contributed by atoms with van der Waals surface area (Å²) in [6.07, 6.45) is 2.11. The molecular weight excluding hydrogens is 316 g/mol. The van der Waals surface area contributed by atoms with E-state index >= 15 is 0 Å². The van der Waals surface area contributed by atoms with Crippen molar-refractivity contribution in [3.63, 3.8) is 0 Å². The molecule has 1 unspecified atom stereocenters. The molecular formula is C20H24N2O3. The lowest BCUT2D eigenvalue weighted by Crippen LogP contribution is -2.42. The van der Waals surface area contributed by atoms with Gasteiger partial charge in [-0.15, -0.1) is 0 Å². The van der Waals surface area contributed by atoms with Gasteiger partial charge in [0.25, 0.3) is 0 Å². The fraction of sp³-hybridized carbons (Fsp3) is 0.350. The van der Waals surface area contributed by atoms with Gasteiger partial charge in [-0.3, -0.25) is 4.79 Å². The summed E-state index contributed by atoms with van der Waals surface area (Å²) in [6, 6.07) is 14.0. The van der Waals surface area contributed by atoms with Crippen LogP contribution < -0.4 is 19.7 Å². The van der Waals surface area contributed by atoms with Crippen molar-refractivity contribution in [2.24, 2.45) is 0 Å². The van der Waals surface area contributed by atoms with E-state index in [4.69, 9.17) is 9.47 Å². The number of amides is 1. The van der Waals surface area contributed by atoms with Crippen LogP contribution in [0.3, 0.4) is 0 Å². The van der Waals surface area contributed by atoms with Crippen LogP contribution in [-0.4, -0.2) is 32.7 Å².